The molecule has 2 aromatic rings. The molecular weight excluding hydrogens is 332 g/mol. The predicted octanol–water partition coefficient (Wildman–Crippen LogP) is 3.53. The van der Waals surface area contributed by atoms with Crippen molar-refractivity contribution < 1.29 is 14.5 Å². The summed E-state index contributed by atoms with van der Waals surface area (Å²) in [5.41, 5.74) is 1.23. The summed E-state index contributed by atoms with van der Waals surface area (Å²) in [5, 5.41) is 13.3. The van der Waals surface area contributed by atoms with Crippen LogP contribution in [0.4, 0.5) is 10.5 Å². The van der Waals surface area contributed by atoms with Crippen LogP contribution in [-0.2, 0) is 11.3 Å². The van der Waals surface area contributed by atoms with Crippen molar-refractivity contribution in [2.45, 2.75) is 6.61 Å². The van der Waals surface area contributed by atoms with Crippen molar-refractivity contribution in [2.24, 2.45) is 0 Å². The van der Waals surface area contributed by atoms with E-state index in [4.69, 9.17) is 16.3 Å². The molecule has 0 unspecified atom stereocenters. The molecule has 0 aliphatic rings. The Morgan fingerprint density at radius 1 is 1.25 bits per heavy atom. The van der Waals surface area contributed by atoms with Gasteiger partial charge in [-0.25, -0.2) is 4.79 Å². The normalized spacial score (nSPS) is 9.54. The number of halogens is 1. The number of ether oxygens (including phenoxy) is 1. The first-order valence-corrected chi connectivity index (χ1v) is 7.31. The van der Waals surface area contributed by atoms with Crippen LogP contribution >= 0.6 is 11.6 Å². The average Bonchev–Trinajstić information content (AvgIpc) is 2.58. The zero-order valence-electron chi connectivity index (χ0n) is 12.5. The summed E-state index contributed by atoms with van der Waals surface area (Å²) in [6.07, 6.45) is -0.581. The highest BCUT2D eigenvalue weighted by molar-refractivity contribution is 6.32. The first-order chi connectivity index (χ1) is 11.6. The molecule has 7 heteroatoms. The number of hydrogen-bond donors (Lipinski definition) is 1. The topological polar surface area (TPSA) is 81.5 Å². The number of benzene rings is 2. The van der Waals surface area contributed by atoms with Crippen LogP contribution in [0.2, 0.25) is 5.02 Å². The molecule has 0 radical (unpaired) electrons. The summed E-state index contributed by atoms with van der Waals surface area (Å²) in [6.45, 7) is 0.245. The number of hydrogen-bond acceptors (Lipinski definition) is 4. The van der Waals surface area contributed by atoms with E-state index in [1.807, 2.05) is 30.3 Å². The van der Waals surface area contributed by atoms with Gasteiger partial charge in [-0.05, 0) is 11.6 Å². The minimum Gasteiger partial charge on any atom is -0.445 e. The number of alkyl carbamates (subject to hydrolysis) is 1. The Kier molecular flexibility index (Phi) is 6.17. The number of nitrogens with zero attached hydrogens (tertiary/aromatic N) is 1. The standard InChI is InChI=1S/C17H13ClN2O4/c18-16-11-15(20(22)23)9-8-14(16)7-4-10-19-17(21)24-12-13-5-2-1-3-6-13/h1-3,5-6,8-9,11H,10,12H2,(H,19,21). The van der Waals surface area contributed by atoms with Crippen molar-refractivity contribution >= 4 is 23.4 Å². The van der Waals surface area contributed by atoms with E-state index in [-0.39, 0.29) is 23.9 Å². The molecule has 2 rings (SSSR count). The van der Waals surface area contributed by atoms with Crippen molar-refractivity contribution in [1.29, 1.82) is 0 Å². The molecule has 0 aliphatic heterocycles. The smallest absolute Gasteiger partial charge is 0.408 e. The molecule has 0 aliphatic carbocycles. The summed E-state index contributed by atoms with van der Waals surface area (Å²) in [4.78, 5) is 21.6. The van der Waals surface area contributed by atoms with Crippen molar-refractivity contribution in [3.63, 3.8) is 0 Å². The summed E-state index contributed by atoms with van der Waals surface area (Å²) in [7, 11) is 0. The number of carbonyl (C=O) groups excluding carboxylic acids is 1. The van der Waals surface area contributed by atoms with Crippen LogP contribution in [0.25, 0.3) is 0 Å². The van der Waals surface area contributed by atoms with Gasteiger partial charge in [0.15, 0.2) is 0 Å². The van der Waals surface area contributed by atoms with Crippen LogP contribution in [0.3, 0.4) is 0 Å². The molecule has 0 fully saturated rings. The SMILES string of the molecule is O=C(NCC#Cc1ccc([N+](=O)[O-])cc1Cl)OCc1ccccc1. The molecule has 6 nitrogen and oxygen atoms in total. The minimum atomic E-state index is -0.581. The van der Waals surface area contributed by atoms with E-state index in [0.29, 0.717) is 5.56 Å². The Morgan fingerprint density at radius 2 is 2.00 bits per heavy atom. The highest BCUT2D eigenvalue weighted by atomic mass is 35.5. The third-order valence-electron chi connectivity index (χ3n) is 2.92. The zero-order valence-corrected chi connectivity index (χ0v) is 13.2. The van der Waals surface area contributed by atoms with Crippen LogP contribution < -0.4 is 5.32 Å². The fraction of sp³-hybridized carbons (Fsp3) is 0.118. The molecule has 0 bridgehead atoms. The van der Waals surface area contributed by atoms with Gasteiger partial charge in [0.2, 0.25) is 0 Å². The maximum Gasteiger partial charge on any atom is 0.408 e. The molecule has 0 atom stereocenters. The van der Waals surface area contributed by atoms with E-state index in [0.717, 1.165) is 5.56 Å². The lowest BCUT2D eigenvalue weighted by atomic mass is 10.2. The summed E-state index contributed by atoms with van der Waals surface area (Å²) >= 11 is 5.91. The maximum absolute atomic E-state index is 11.5. The maximum atomic E-state index is 11.5. The largest absolute Gasteiger partial charge is 0.445 e. The second-order valence-corrected chi connectivity index (χ2v) is 5.05. The fourth-order valence-electron chi connectivity index (χ4n) is 1.75. The molecule has 24 heavy (non-hydrogen) atoms. The first-order valence-electron chi connectivity index (χ1n) is 6.93. The van der Waals surface area contributed by atoms with E-state index in [1.165, 1.54) is 18.2 Å². The number of non-ortho nitro benzene ring substituents is 1. The molecule has 0 aromatic heterocycles. The highest BCUT2D eigenvalue weighted by Gasteiger charge is 2.07. The molecule has 122 valence electrons. The van der Waals surface area contributed by atoms with Gasteiger partial charge in [0.1, 0.15) is 6.61 Å². The van der Waals surface area contributed by atoms with E-state index < -0.39 is 11.0 Å². The molecule has 0 heterocycles. The molecule has 0 saturated carbocycles. The van der Waals surface area contributed by atoms with E-state index in [9.17, 15) is 14.9 Å². The number of amides is 1. The molecule has 0 saturated heterocycles. The van der Waals surface area contributed by atoms with Crippen LogP contribution in [0.15, 0.2) is 48.5 Å². The zero-order chi connectivity index (χ0) is 17.4. The van der Waals surface area contributed by atoms with Gasteiger partial charge in [0.05, 0.1) is 16.5 Å². The predicted molar refractivity (Wildman–Crippen MR) is 89.6 cm³/mol. The first kappa shape index (κ1) is 17.3. The monoisotopic (exact) mass is 344 g/mol. The molecule has 2 aromatic carbocycles. The number of nitrogens with one attached hydrogen (secondary N) is 1. The van der Waals surface area contributed by atoms with Crippen LogP contribution in [0, 0.1) is 22.0 Å². The Morgan fingerprint density at radius 3 is 2.67 bits per heavy atom. The molecule has 1 amide bonds. The van der Waals surface area contributed by atoms with Gasteiger partial charge in [0.25, 0.3) is 5.69 Å². The van der Waals surface area contributed by atoms with Gasteiger partial charge in [-0.2, -0.15) is 0 Å². The third kappa shape index (κ3) is 5.30. The van der Waals surface area contributed by atoms with Crippen molar-refractivity contribution in [2.75, 3.05) is 6.54 Å². The molecule has 0 spiro atoms. The number of nitro groups is 1. The summed E-state index contributed by atoms with van der Waals surface area (Å²) in [6, 6.07) is 13.3. The summed E-state index contributed by atoms with van der Waals surface area (Å²) in [5.74, 6) is 5.44. The van der Waals surface area contributed by atoms with Gasteiger partial charge in [-0.1, -0.05) is 53.8 Å². The van der Waals surface area contributed by atoms with Crippen LogP contribution in [0.1, 0.15) is 11.1 Å². The number of rotatable bonds is 4. The second-order valence-electron chi connectivity index (χ2n) is 4.64. The Bertz CT molecular complexity index is 797. The Balaban J connectivity index is 1.81. The molecule has 1 N–H and O–H groups in total. The number of nitro benzene ring substituents is 1. The van der Waals surface area contributed by atoms with Gasteiger partial charge < -0.3 is 10.1 Å². The van der Waals surface area contributed by atoms with E-state index >= 15 is 0 Å². The van der Waals surface area contributed by atoms with Gasteiger partial charge in [0, 0.05) is 17.7 Å². The van der Waals surface area contributed by atoms with Gasteiger partial charge in [-0.15, -0.1) is 0 Å². The summed E-state index contributed by atoms with van der Waals surface area (Å²) < 4.78 is 5.03. The minimum absolute atomic E-state index is 0.0704. The fourth-order valence-corrected chi connectivity index (χ4v) is 1.97. The Hall–Kier alpha value is -3.04. The third-order valence-corrected chi connectivity index (χ3v) is 3.23. The lowest BCUT2D eigenvalue weighted by Gasteiger charge is -2.04. The van der Waals surface area contributed by atoms with E-state index in [2.05, 4.69) is 17.2 Å². The van der Waals surface area contributed by atoms with Crippen molar-refractivity contribution in [1.82, 2.24) is 5.32 Å². The van der Waals surface area contributed by atoms with Crippen LogP contribution in [0.5, 0.6) is 0 Å². The van der Waals surface area contributed by atoms with Gasteiger partial charge in [-0.3, -0.25) is 10.1 Å². The average molecular weight is 345 g/mol. The highest BCUT2D eigenvalue weighted by Crippen LogP contribution is 2.21. The Labute approximate surface area is 143 Å². The van der Waals surface area contributed by atoms with E-state index in [1.54, 1.807) is 0 Å². The second kappa shape index (κ2) is 8.56. The molecular formula is C17H13ClN2O4. The van der Waals surface area contributed by atoms with Crippen LogP contribution in [-0.4, -0.2) is 17.6 Å². The number of carbonyl (C=O) groups is 1. The van der Waals surface area contributed by atoms with Gasteiger partial charge >= 0.3 is 6.09 Å². The quantitative estimate of drug-likeness (QED) is 0.522. The lowest BCUT2D eigenvalue weighted by molar-refractivity contribution is -0.384. The lowest BCUT2D eigenvalue weighted by Crippen LogP contribution is -2.24. The van der Waals surface area contributed by atoms with Crippen molar-refractivity contribution in [3.8, 4) is 11.8 Å². The van der Waals surface area contributed by atoms with Crippen molar-refractivity contribution in [3.05, 3.63) is 74.8 Å².